The van der Waals surface area contributed by atoms with Gasteiger partial charge in [0.05, 0.1) is 12.6 Å². The number of halogens is 1. The van der Waals surface area contributed by atoms with Crippen molar-refractivity contribution in [2.75, 3.05) is 0 Å². The predicted molar refractivity (Wildman–Crippen MR) is 120 cm³/mol. The summed E-state index contributed by atoms with van der Waals surface area (Å²) in [5.74, 6) is -0.294. The number of aryl methyl sites for hydroxylation is 2. The topological polar surface area (TPSA) is 29.9 Å². The van der Waals surface area contributed by atoms with Crippen LogP contribution < -0.4 is 4.57 Å². The van der Waals surface area contributed by atoms with E-state index >= 15 is 0 Å². The van der Waals surface area contributed by atoms with Gasteiger partial charge in [0.25, 0.3) is 6.33 Å². The molecule has 0 radical (unpaired) electrons. The van der Waals surface area contributed by atoms with Crippen molar-refractivity contribution < 1.29 is 13.4 Å². The van der Waals surface area contributed by atoms with Gasteiger partial charge in [-0.1, -0.05) is 12.1 Å². The number of benzene rings is 3. The van der Waals surface area contributed by atoms with Crippen molar-refractivity contribution in [2.45, 2.75) is 13.8 Å². The van der Waals surface area contributed by atoms with Crippen molar-refractivity contribution >= 4 is 53.6 Å². The van der Waals surface area contributed by atoms with Crippen LogP contribution in [0.2, 0.25) is 0 Å². The fourth-order valence-corrected chi connectivity index (χ4v) is 5.61. The minimum Gasteiger partial charge on any atom is -0.455 e. The number of rotatable bonds is 1. The average molecular weight is 413 g/mol. The lowest BCUT2D eigenvalue weighted by molar-refractivity contribution is -0.662. The summed E-state index contributed by atoms with van der Waals surface area (Å²) in [6.45, 7) is 4.24. The summed E-state index contributed by atoms with van der Waals surface area (Å²) in [5, 5.41) is 3.10. The van der Waals surface area contributed by atoms with Gasteiger partial charge in [-0.15, -0.1) is 11.3 Å². The van der Waals surface area contributed by atoms with Gasteiger partial charge in [-0.2, -0.15) is 0 Å². The molecule has 0 saturated carbocycles. The molecular formula is C25H18FN2OS+. The average Bonchev–Trinajstić information content (AvgIpc) is 3.27. The van der Waals surface area contributed by atoms with Crippen LogP contribution in [-0.2, 0) is 7.05 Å². The second kappa shape index (κ2) is 6.09. The minimum absolute atomic E-state index is 0.294. The number of hydrogen-bond donors (Lipinski definition) is 0. The maximum Gasteiger partial charge on any atom is 0.287 e. The van der Waals surface area contributed by atoms with Gasteiger partial charge in [0.15, 0.2) is 5.69 Å². The van der Waals surface area contributed by atoms with Crippen molar-refractivity contribution in [1.29, 1.82) is 0 Å². The predicted octanol–water partition coefficient (Wildman–Crippen LogP) is 6.60. The van der Waals surface area contributed by atoms with Gasteiger partial charge in [0, 0.05) is 26.9 Å². The van der Waals surface area contributed by atoms with E-state index in [0.717, 1.165) is 48.8 Å². The summed E-state index contributed by atoms with van der Waals surface area (Å²) < 4.78 is 24.5. The molecule has 0 amide bonds. The SMILES string of the molecule is Cc1cc2c(oc3cc(F)ccc32)c(-c2c3sc4ccccc4c3nc[n+]2C)c1C. The Kier molecular flexibility index (Phi) is 3.56. The van der Waals surface area contributed by atoms with Crippen molar-refractivity contribution in [3.05, 3.63) is 71.8 Å². The molecule has 0 N–H and O–H groups in total. The molecule has 3 nitrogen and oxygen atoms in total. The number of hydrogen-bond acceptors (Lipinski definition) is 3. The first-order valence-corrected chi connectivity index (χ1v) is 10.6. The highest BCUT2D eigenvalue weighted by atomic mass is 32.1. The highest BCUT2D eigenvalue weighted by molar-refractivity contribution is 7.26. The third kappa shape index (κ3) is 2.30. The molecule has 0 spiro atoms. The van der Waals surface area contributed by atoms with Gasteiger partial charge in [-0.3, -0.25) is 0 Å². The number of fused-ring (bicyclic) bond motifs is 6. The van der Waals surface area contributed by atoms with E-state index in [-0.39, 0.29) is 5.82 Å². The standard InChI is InChI=1S/C25H18FN2OS/c1-13-10-18-16-9-8-15(26)11-19(16)29-24(18)21(14(13)2)23-25-22(27-12-28(23)3)17-6-4-5-7-20(17)30-25/h4-12H,1-3H3/q+1. The maximum atomic E-state index is 13.9. The van der Waals surface area contributed by atoms with Crippen LogP contribution in [0.25, 0.3) is 53.5 Å². The van der Waals surface area contributed by atoms with Crippen molar-refractivity contribution in [2.24, 2.45) is 7.05 Å². The molecule has 0 saturated heterocycles. The Hall–Kier alpha value is -3.31. The highest BCUT2D eigenvalue weighted by Gasteiger charge is 2.26. The van der Waals surface area contributed by atoms with Crippen LogP contribution in [0.15, 0.2) is 59.3 Å². The summed E-state index contributed by atoms with van der Waals surface area (Å²) >= 11 is 1.74. The molecule has 0 bridgehead atoms. The normalized spacial score (nSPS) is 12.0. The second-order valence-electron chi connectivity index (χ2n) is 7.79. The van der Waals surface area contributed by atoms with Crippen molar-refractivity contribution in [3.8, 4) is 11.3 Å². The fourth-order valence-electron chi connectivity index (χ4n) is 4.37. The molecule has 0 aliphatic rings. The van der Waals surface area contributed by atoms with Gasteiger partial charge >= 0.3 is 0 Å². The van der Waals surface area contributed by atoms with Gasteiger partial charge in [-0.25, -0.2) is 8.96 Å². The number of aromatic nitrogens is 2. The van der Waals surface area contributed by atoms with Crippen LogP contribution >= 0.6 is 11.3 Å². The van der Waals surface area contributed by atoms with E-state index in [9.17, 15) is 4.39 Å². The van der Waals surface area contributed by atoms with E-state index < -0.39 is 0 Å². The number of furan rings is 1. The molecule has 6 aromatic rings. The van der Waals surface area contributed by atoms with Gasteiger partial charge < -0.3 is 4.42 Å². The number of thiophene rings is 1. The molecule has 6 rings (SSSR count). The molecule has 0 atom stereocenters. The van der Waals surface area contributed by atoms with Crippen LogP contribution in [0.1, 0.15) is 11.1 Å². The first kappa shape index (κ1) is 17.5. The van der Waals surface area contributed by atoms with E-state index in [1.807, 2.05) is 19.4 Å². The Labute approximate surface area is 176 Å². The Morgan fingerprint density at radius 1 is 1.00 bits per heavy atom. The maximum absolute atomic E-state index is 13.9. The van der Waals surface area contributed by atoms with E-state index in [0.29, 0.717) is 5.58 Å². The lowest BCUT2D eigenvalue weighted by Gasteiger charge is -2.10. The number of nitrogens with zero attached hydrogens (tertiary/aromatic N) is 2. The van der Waals surface area contributed by atoms with E-state index in [1.54, 1.807) is 17.4 Å². The zero-order valence-electron chi connectivity index (χ0n) is 16.8. The largest absolute Gasteiger partial charge is 0.455 e. The lowest BCUT2D eigenvalue weighted by atomic mass is 9.96. The van der Waals surface area contributed by atoms with E-state index in [4.69, 9.17) is 9.40 Å². The molecule has 0 aliphatic heterocycles. The quantitative estimate of drug-likeness (QED) is 0.284. The zero-order chi connectivity index (χ0) is 20.6. The first-order valence-electron chi connectivity index (χ1n) is 9.81. The Morgan fingerprint density at radius 3 is 2.70 bits per heavy atom. The summed E-state index contributed by atoms with van der Waals surface area (Å²) in [7, 11) is 2.02. The van der Waals surface area contributed by atoms with E-state index in [1.165, 1.54) is 22.4 Å². The van der Waals surface area contributed by atoms with Gasteiger partial charge in [-0.05, 0) is 60.3 Å². The molecule has 0 unspecified atom stereocenters. The molecule has 3 heterocycles. The summed E-state index contributed by atoms with van der Waals surface area (Å²) in [4.78, 5) is 4.73. The molecule has 30 heavy (non-hydrogen) atoms. The van der Waals surface area contributed by atoms with Gasteiger partial charge in [0.1, 0.15) is 21.7 Å². The summed E-state index contributed by atoms with van der Waals surface area (Å²) in [6, 6.07) is 15.3. The van der Waals surface area contributed by atoms with Crippen LogP contribution in [-0.4, -0.2) is 4.98 Å². The monoisotopic (exact) mass is 413 g/mol. The summed E-state index contributed by atoms with van der Waals surface area (Å²) in [6.07, 6.45) is 1.87. The second-order valence-corrected chi connectivity index (χ2v) is 8.84. The third-order valence-corrected chi connectivity index (χ3v) is 7.15. The molecule has 3 aromatic heterocycles. The molecule has 0 aliphatic carbocycles. The van der Waals surface area contributed by atoms with Gasteiger partial charge in [0.2, 0.25) is 5.52 Å². The Balaban J connectivity index is 1.83. The van der Waals surface area contributed by atoms with Crippen LogP contribution in [0.4, 0.5) is 4.39 Å². The minimum atomic E-state index is -0.294. The van der Waals surface area contributed by atoms with Crippen LogP contribution in [0, 0.1) is 19.7 Å². The van der Waals surface area contributed by atoms with Crippen LogP contribution in [0.3, 0.4) is 0 Å². The smallest absolute Gasteiger partial charge is 0.287 e. The Bertz CT molecular complexity index is 1640. The van der Waals surface area contributed by atoms with Crippen molar-refractivity contribution in [3.63, 3.8) is 0 Å². The fraction of sp³-hybridized carbons (Fsp3) is 0.120. The molecule has 146 valence electrons. The van der Waals surface area contributed by atoms with E-state index in [2.05, 4.69) is 42.7 Å². The lowest BCUT2D eigenvalue weighted by Crippen LogP contribution is -2.31. The first-order chi connectivity index (χ1) is 14.5. The molecule has 0 fully saturated rings. The third-order valence-electron chi connectivity index (χ3n) is 5.98. The van der Waals surface area contributed by atoms with Crippen LogP contribution in [0.5, 0.6) is 0 Å². The highest BCUT2D eigenvalue weighted by Crippen LogP contribution is 2.43. The summed E-state index contributed by atoms with van der Waals surface area (Å²) in [5.41, 5.74) is 6.81. The molecule has 3 aromatic carbocycles. The zero-order valence-corrected chi connectivity index (χ0v) is 17.6. The van der Waals surface area contributed by atoms with Crippen molar-refractivity contribution in [1.82, 2.24) is 4.98 Å². The molecular weight excluding hydrogens is 395 g/mol. The Morgan fingerprint density at radius 2 is 1.83 bits per heavy atom. The molecule has 5 heteroatoms.